The van der Waals surface area contributed by atoms with Gasteiger partial charge in [0.1, 0.15) is 4.88 Å². The molecule has 0 fully saturated rings. The lowest BCUT2D eigenvalue weighted by molar-refractivity contribution is 0.0591. The van der Waals surface area contributed by atoms with Crippen molar-refractivity contribution in [2.24, 2.45) is 0 Å². The molecule has 0 aliphatic rings. The average Bonchev–Trinajstić information content (AvgIpc) is 2.90. The number of ketones is 1. The fraction of sp³-hybridized carbons (Fsp3) is 0.286. The van der Waals surface area contributed by atoms with Crippen LogP contribution in [0.3, 0.4) is 0 Å². The first-order chi connectivity index (χ1) is 10.0. The Labute approximate surface area is 126 Å². The van der Waals surface area contributed by atoms with Crippen molar-refractivity contribution < 1.29 is 14.3 Å². The first-order valence-corrected chi connectivity index (χ1v) is 7.08. The zero-order valence-corrected chi connectivity index (χ0v) is 12.8. The van der Waals surface area contributed by atoms with Gasteiger partial charge in [0, 0.05) is 25.9 Å². The molecule has 2 heterocycles. The molecule has 2 aromatic heterocycles. The molecule has 7 heteroatoms. The summed E-state index contributed by atoms with van der Waals surface area (Å²) in [5.41, 5.74) is 2.19. The number of carbonyl (C=O) groups excluding carboxylic acids is 2. The van der Waals surface area contributed by atoms with E-state index in [-0.39, 0.29) is 11.5 Å². The van der Waals surface area contributed by atoms with E-state index >= 15 is 0 Å². The van der Waals surface area contributed by atoms with Gasteiger partial charge in [-0.2, -0.15) is 0 Å². The lowest BCUT2D eigenvalue weighted by Crippen LogP contribution is -2.07. The lowest BCUT2D eigenvalue weighted by Gasteiger charge is -2.05. The van der Waals surface area contributed by atoms with Crippen LogP contribution >= 0.6 is 11.3 Å². The number of hydrogen-bond donors (Lipinski definition) is 1. The number of nitrogens with one attached hydrogen (secondary N) is 1. The van der Waals surface area contributed by atoms with Gasteiger partial charge in [0.2, 0.25) is 0 Å². The van der Waals surface area contributed by atoms with E-state index in [4.69, 9.17) is 0 Å². The summed E-state index contributed by atoms with van der Waals surface area (Å²) in [6, 6.07) is 1.92. The topological polar surface area (TPSA) is 81.2 Å². The Hall–Kier alpha value is -2.28. The SMILES string of the molecule is COC(=O)c1nc(NCc2cnccc2C)sc1C(C)=O. The molecule has 110 valence electrons. The normalized spacial score (nSPS) is 10.2. The van der Waals surface area contributed by atoms with Crippen molar-refractivity contribution in [3.63, 3.8) is 0 Å². The molecule has 6 nitrogen and oxygen atoms in total. The Morgan fingerprint density at radius 1 is 1.43 bits per heavy atom. The highest BCUT2D eigenvalue weighted by atomic mass is 32.1. The van der Waals surface area contributed by atoms with Crippen LogP contribution < -0.4 is 5.32 Å². The number of anilines is 1. The van der Waals surface area contributed by atoms with Crippen LogP contribution in [0.25, 0.3) is 0 Å². The number of methoxy groups -OCH3 is 1. The van der Waals surface area contributed by atoms with Gasteiger partial charge in [0.25, 0.3) is 0 Å². The molecule has 1 N–H and O–H groups in total. The van der Waals surface area contributed by atoms with Gasteiger partial charge in [0.15, 0.2) is 16.6 Å². The number of rotatable bonds is 5. The second-order valence-corrected chi connectivity index (χ2v) is 5.40. The van der Waals surface area contributed by atoms with Crippen molar-refractivity contribution in [1.29, 1.82) is 0 Å². The van der Waals surface area contributed by atoms with E-state index in [1.54, 1.807) is 12.4 Å². The van der Waals surface area contributed by atoms with E-state index in [0.717, 1.165) is 22.5 Å². The van der Waals surface area contributed by atoms with Crippen LogP contribution in [0.1, 0.15) is 38.2 Å². The highest BCUT2D eigenvalue weighted by Crippen LogP contribution is 2.25. The molecule has 0 aliphatic heterocycles. The molecular formula is C14H15N3O3S. The lowest BCUT2D eigenvalue weighted by atomic mass is 10.2. The van der Waals surface area contributed by atoms with Gasteiger partial charge in [-0.15, -0.1) is 0 Å². The molecule has 2 aromatic rings. The molecule has 0 atom stereocenters. The van der Waals surface area contributed by atoms with Crippen LogP contribution in [0.15, 0.2) is 18.5 Å². The number of thiazole rings is 1. The quantitative estimate of drug-likeness (QED) is 0.675. The summed E-state index contributed by atoms with van der Waals surface area (Å²) in [5, 5.41) is 3.61. The minimum absolute atomic E-state index is 0.0559. The molecule has 0 bridgehead atoms. The fourth-order valence-corrected chi connectivity index (χ4v) is 2.57. The summed E-state index contributed by atoms with van der Waals surface area (Å²) in [6.07, 6.45) is 3.49. The van der Waals surface area contributed by atoms with Gasteiger partial charge in [-0.25, -0.2) is 9.78 Å². The van der Waals surface area contributed by atoms with Crippen molar-refractivity contribution in [3.05, 3.63) is 40.2 Å². The second-order valence-electron chi connectivity index (χ2n) is 4.40. The number of aromatic nitrogens is 2. The Bertz CT molecular complexity index is 682. The third-order valence-electron chi connectivity index (χ3n) is 2.90. The predicted octanol–water partition coefficient (Wildman–Crippen LogP) is 2.45. The summed E-state index contributed by atoms with van der Waals surface area (Å²) in [6.45, 7) is 3.90. The van der Waals surface area contributed by atoms with Crippen LogP contribution in [-0.4, -0.2) is 28.8 Å². The number of nitrogens with zero attached hydrogens (tertiary/aromatic N) is 2. The van der Waals surface area contributed by atoms with Gasteiger partial charge in [-0.1, -0.05) is 11.3 Å². The van der Waals surface area contributed by atoms with Gasteiger partial charge in [-0.05, 0) is 24.1 Å². The standard InChI is InChI=1S/C14H15N3O3S/c1-8-4-5-15-6-10(8)7-16-14-17-11(13(19)20-3)12(21-14)9(2)18/h4-6H,7H2,1-3H3,(H,16,17). The minimum Gasteiger partial charge on any atom is -0.464 e. The van der Waals surface area contributed by atoms with E-state index in [9.17, 15) is 9.59 Å². The highest BCUT2D eigenvalue weighted by Gasteiger charge is 2.21. The summed E-state index contributed by atoms with van der Waals surface area (Å²) < 4.78 is 4.64. The first kappa shape index (κ1) is 15.1. The second kappa shape index (κ2) is 6.45. The number of ether oxygens (including phenoxy) is 1. The first-order valence-electron chi connectivity index (χ1n) is 6.26. The molecule has 0 saturated heterocycles. The van der Waals surface area contributed by atoms with E-state index in [2.05, 4.69) is 20.0 Å². The van der Waals surface area contributed by atoms with Crippen LogP contribution in [0, 0.1) is 6.92 Å². The Kier molecular flexibility index (Phi) is 4.64. The number of Topliss-reactive ketones (excluding diaryl/α,β-unsaturated/α-hetero) is 1. The molecule has 0 amide bonds. The third kappa shape index (κ3) is 3.43. The maximum Gasteiger partial charge on any atom is 0.358 e. The Balaban J connectivity index is 2.20. The van der Waals surface area contributed by atoms with Gasteiger partial charge in [0.05, 0.1) is 7.11 Å². The predicted molar refractivity (Wildman–Crippen MR) is 79.8 cm³/mol. The zero-order chi connectivity index (χ0) is 15.4. The molecule has 21 heavy (non-hydrogen) atoms. The van der Waals surface area contributed by atoms with E-state index in [1.165, 1.54) is 14.0 Å². The maximum atomic E-state index is 11.6. The Morgan fingerprint density at radius 2 is 2.19 bits per heavy atom. The molecule has 0 aromatic carbocycles. The van der Waals surface area contributed by atoms with Crippen LogP contribution in [0.2, 0.25) is 0 Å². The molecule has 0 aliphatic carbocycles. The van der Waals surface area contributed by atoms with Crippen LogP contribution in [0.4, 0.5) is 5.13 Å². The monoisotopic (exact) mass is 305 g/mol. The van der Waals surface area contributed by atoms with Gasteiger partial charge in [-0.3, -0.25) is 9.78 Å². The Morgan fingerprint density at radius 3 is 2.81 bits per heavy atom. The summed E-state index contributed by atoms with van der Waals surface area (Å²) >= 11 is 1.14. The molecule has 0 saturated carbocycles. The smallest absolute Gasteiger partial charge is 0.358 e. The van der Waals surface area contributed by atoms with Crippen molar-refractivity contribution >= 4 is 28.2 Å². The number of aryl methyl sites for hydroxylation is 1. The van der Waals surface area contributed by atoms with Crippen LogP contribution in [-0.2, 0) is 11.3 Å². The highest BCUT2D eigenvalue weighted by molar-refractivity contribution is 7.17. The molecule has 0 unspecified atom stereocenters. The number of hydrogen-bond acceptors (Lipinski definition) is 7. The van der Waals surface area contributed by atoms with Crippen molar-refractivity contribution in [3.8, 4) is 0 Å². The average molecular weight is 305 g/mol. The third-order valence-corrected chi connectivity index (χ3v) is 4.02. The molecule has 0 radical (unpaired) electrons. The maximum absolute atomic E-state index is 11.6. The molecule has 0 spiro atoms. The largest absolute Gasteiger partial charge is 0.464 e. The number of carbonyl (C=O) groups is 2. The summed E-state index contributed by atoms with van der Waals surface area (Å²) in [7, 11) is 1.26. The summed E-state index contributed by atoms with van der Waals surface area (Å²) in [5.74, 6) is -0.819. The van der Waals surface area contributed by atoms with Crippen molar-refractivity contribution in [1.82, 2.24) is 9.97 Å². The van der Waals surface area contributed by atoms with E-state index < -0.39 is 5.97 Å². The van der Waals surface area contributed by atoms with Crippen molar-refractivity contribution in [2.75, 3.05) is 12.4 Å². The van der Waals surface area contributed by atoms with Gasteiger partial charge >= 0.3 is 5.97 Å². The number of esters is 1. The minimum atomic E-state index is -0.609. The molecular weight excluding hydrogens is 290 g/mol. The van der Waals surface area contributed by atoms with Gasteiger partial charge < -0.3 is 10.1 Å². The fourth-order valence-electron chi connectivity index (χ4n) is 1.72. The molecule has 2 rings (SSSR count). The number of pyridine rings is 1. The van der Waals surface area contributed by atoms with E-state index in [1.807, 2.05) is 13.0 Å². The zero-order valence-electron chi connectivity index (χ0n) is 12.0. The summed E-state index contributed by atoms with van der Waals surface area (Å²) in [4.78, 5) is 31.7. The van der Waals surface area contributed by atoms with Crippen LogP contribution in [0.5, 0.6) is 0 Å². The van der Waals surface area contributed by atoms with E-state index in [0.29, 0.717) is 16.6 Å². The van der Waals surface area contributed by atoms with Crippen molar-refractivity contribution in [2.45, 2.75) is 20.4 Å².